The molecule has 1 aromatic rings. The van der Waals surface area contributed by atoms with Crippen LogP contribution in [0.15, 0.2) is 6.07 Å². The van der Waals surface area contributed by atoms with Gasteiger partial charge in [0.2, 0.25) is 0 Å². The highest BCUT2D eigenvalue weighted by molar-refractivity contribution is 5.58. The second-order valence-corrected chi connectivity index (χ2v) is 6.35. The van der Waals surface area contributed by atoms with Gasteiger partial charge in [-0.25, -0.2) is 4.98 Å². The molecule has 112 valence electrons. The van der Waals surface area contributed by atoms with E-state index in [1.54, 1.807) is 0 Å². The van der Waals surface area contributed by atoms with Gasteiger partial charge in [0.1, 0.15) is 11.9 Å². The Morgan fingerprint density at radius 3 is 2.43 bits per heavy atom. The van der Waals surface area contributed by atoms with Gasteiger partial charge in [0, 0.05) is 37.9 Å². The van der Waals surface area contributed by atoms with Crippen molar-refractivity contribution in [2.75, 3.05) is 31.1 Å². The van der Waals surface area contributed by atoms with E-state index in [-0.39, 0.29) is 0 Å². The predicted octanol–water partition coefficient (Wildman–Crippen LogP) is 2.63. The molecule has 3 rings (SSSR count). The highest BCUT2D eigenvalue weighted by Gasteiger charge is 2.27. The first kappa shape index (κ1) is 14.3. The van der Waals surface area contributed by atoms with Crippen LogP contribution < -0.4 is 4.90 Å². The fourth-order valence-electron chi connectivity index (χ4n) is 3.75. The van der Waals surface area contributed by atoms with Crippen LogP contribution in [0.5, 0.6) is 0 Å². The summed E-state index contributed by atoms with van der Waals surface area (Å²) in [5.74, 6) is 0.890. The van der Waals surface area contributed by atoms with Gasteiger partial charge >= 0.3 is 0 Å². The molecule has 1 aromatic heterocycles. The zero-order valence-electron chi connectivity index (χ0n) is 13.1. The molecule has 0 unspecified atom stereocenters. The SMILES string of the molecule is Cc1cc(C)c(C#N)c(N2CCN(C3CCCC3)CC2)n1. The minimum absolute atomic E-state index is 0.745. The van der Waals surface area contributed by atoms with E-state index in [2.05, 4.69) is 20.9 Å². The Morgan fingerprint density at radius 2 is 1.81 bits per heavy atom. The molecule has 0 N–H and O–H groups in total. The highest BCUT2D eigenvalue weighted by Crippen LogP contribution is 2.27. The number of hydrogen-bond acceptors (Lipinski definition) is 4. The molecule has 1 aliphatic carbocycles. The summed E-state index contributed by atoms with van der Waals surface area (Å²) in [7, 11) is 0. The maximum atomic E-state index is 9.42. The van der Waals surface area contributed by atoms with Crippen LogP contribution in [-0.2, 0) is 0 Å². The predicted molar refractivity (Wildman–Crippen MR) is 84.5 cm³/mol. The molecule has 1 saturated heterocycles. The van der Waals surface area contributed by atoms with Crippen LogP contribution in [0, 0.1) is 25.2 Å². The number of aryl methyl sites for hydroxylation is 2. The smallest absolute Gasteiger partial charge is 0.147 e. The van der Waals surface area contributed by atoms with Gasteiger partial charge in [-0.2, -0.15) is 5.26 Å². The summed E-state index contributed by atoms with van der Waals surface area (Å²) < 4.78 is 0. The maximum absolute atomic E-state index is 9.42. The molecule has 0 amide bonds. The van der Waals surface area contributed by atoms with E-state index in [1.807, 2.05) is 19.9 Å². The van der Waals surface area contributed by atoms with Gasteiger partial charge < -0.3 is 4.90 Å². The minimum Gasteiger partial charge on any atom is -0.353 e. The van der Waals surface area contributed by atoms with Crippen molar-refractivity contribution in [1.29, 1.82) is 5.26 Å². The normalized spacial score (nSPS) is 20.7. The lowest BCUT2D eigenvalue weighted by Crippen LogP contribution is -2.50. The van der Waals surface area contributed by atoms with Gasteiger partial charge in [0.15, 0.2) is 0 Å². The van der Waals surface area contributed by atoms with Gasteiger partial charge in [0.25, 0.3) is 0 Å². The molecule has 0 atom stereocenters. The minimum atomic E-state index is 0.745. The molecule has 21 heavy (non-hydrogen) atoms. The van der Waals surface area contributed by atoms with E-state index >= 15 is 0 Å². The Labute approximate surface area is 127 Å². The van der Waals surface area contributed by atoms with Gasteiger partial charge in [-0.15, -0.1) is 0 Å². The Kier molecular flexibility index (Phi) is 4.12. The summed E-state index contributed by atoms with van der Waals surface area (Å²) in [4.78, 5) is 9.57. The van der Waals surface area contributed by atoms with E-state index in [0.717, 1.165) is 54.9 Å². The molecule has 4 nitrogen and oxygen atoms in total. The summed E-state index contributed by atoms with van der Waals surface area (Å²) >= 11 is 0. The van der Waals surface area contributed by atoms with Crippen LogP contribution in [-0.4, -0.2) is 42.1 Å². The molecule has 2 heterocycles. The quantitative estimate of drug-likeness (QED) is 0.837. The molecule has 0 spiro atoms. The zero-order chi connectivity index (χ0) is 14.8. The van der Waals surface area contributed by atoms with E-state index in [9.17, 15) is 5.26 Å². The van der Waals surface area contributed by atoms with E-state index in [0.29, 0.717) is 0 Å². The number of hydrogen-bond donors (Lipinski definition) is 0. The van der Waals surface area contributed by atoms with Gasteiger partial charge in [-0.05, 0) is 38.3 Å². The second kappa shape index (κ2) is 6.03. The average Bonchev–Trinajstić information content (AvgIpc) is 3.01. The molecular weight excluding hydrogens is 260 g/mol. The van der Waals surface area contributed by atoms with E-state index in [4.69, 9.17) is 0 Å². The van der Waals surface area contributed by atoms with Gasteiger partial charge in [-0.1, -0.05) is 12.8 Å². The summed E-state index contributed by atoms with van der Waals surface area (Å²) in [5, 5.41) is 9.42. The van der Waals surface area contributed by atoms with Crippen LogP contribution in [0.2, 0.25) is 0 Å². The highest BCUT2D eigenvalue weighted by atomic mass is 15.3. The number of rotatable bonds is 2. The molecule has 2 aliphatic rings. The Bertz CT molecular complexity index is 547. The zero-order valence-corrected chi connectivity index (χ0v) is 13.1. The maximum Gasteiger partial charge on any atom is 0.147 e. The Hall–Kier alpha value is -1.60. The van der Waals surface area contributed by atoms with Gasteiger partial charge in [-0.3, -0.25) is 4.90 Å². The number of pyridine rings is 1. The lowest BCUT2D eigenvalue weighted by molar-refractivity contribution is 0.187. The van der Waals surface area contributed by atoms with Crippen molar-refractivity contribution >= 4 is 5.82 Å². The van der Waals surface area contributed by atoms with Crippen LogP contribution in [0.4, 0.5) is 5.82 Å². The van der Waals surface area contributed by atoms with Gasteiger partial charge in [0.05, 0.1) is 5.56 Å². The molecule has 0 bridgehead atoms. The van der Waals surface area contributed by atoms with Crippen molar-refractivity contribution in [2.24, 2.45) is 0 Å². The van der Waals surface area contributed by atoms with Crippen LogP contribution in [0.25, 0.3) is 0 Å². The van der Waals surface area contributed by atoms with Crippen LogP contribution in [0.3, 0.4) is 0 Å². The topological polar surface area (TPSA) is 43.2 Å². The number of anilines is 1. The Morgan fingerprint density at radius 1 is 1.14 bits per heavy atom. The summed E-state index contributed by atoms with van der Waals surface area (Å²) in [5.41, 5.74) is 2.79. The van der Waals surface area contributed by atoms with Crippen molar-refractivity contribution in [1.82, 2.24) is 9.88 Å². The van der Waals surface area contributed by atoms with Crippen molar-refractivity contribution in [3.63, 3.8) is 0 Å². The van der Waals surface area contributed by atoms with Crippen molar-refractivity contribution in [3.05, 3.63) is 22.9 Å². The van der Waals surface area contributed by atoms with Crippen molar-refractivity contribution in [2.45, 2.75) is 45.6 Å². The fourth-order valence-corrected chi connectivity index (χ4v) is 3.75. The number of nitriles is 1. The first-order chi connectivity index (χ1) is 10.2. The van der Waals surface area contributed by atoms with Crippen LogP contribution >= 0.6 is 0 Å². The molecular formula is C17H24N4. The standard InChI is InChI=1S/C17H24N4/c1-13-11-14(2)19-17(16(13)12-18)21-9-7-20(8-10-21)15-5-3-4-6-15/h11,15H,3-10H2,1-2H3. The molecule has 1 saturated carbocycles. The van der Waals surface area contributed by atoms with E-state index < -0.39 is 0 Å². The monoisotopic (exact) mass is 284 g/mol. The number of piperazine rings is 1. The Balaban J connectivity index is 1.73. The summed E-state index contributed by atoms with van der Waals surface area (Å²) in [6, 6.07) is 5.13. The molecule has 0 radical (unpaired) electrons. The third kappa shape index (κ3) is 2.89. The summed E-state index contributed by atoms with van der Waals surface area (Å²) in [6.07, 6.45) is 5.51. The lowest BCUT2D eigenvalue weighted by Gasteiger charge is -2.39. The number of nitrogens with zero attached hydrogens (tertiary/aromatic N) is 4. The third-order valence-electron chi connectivity index (χ3n) is 4.89. The molecule has 0 aromatic carbocycles. The first-order valence-electron chi connectivity index (χ1n) is 8.06. The first-order valence-corrected chi connectivity index (χ1v) is 8.06. The largest absolute Gasteiger partial charge is 0.353 e. The van der Waals surface area contributed by atoms with Crippen molar-refractivity contribution in [3.8, 4) is 6.07 Å². The molecule has 2 fully saturated rings. The third-order valence-corrected chi connectivity index (χ3v) is 4.89. The number of aromatic nitrogens is 1. The lowest BCUT2D eigenvalue weighted by atomic mass is 10.1. The fraction of sp³-hybridized carbons (Fsp3) is 0.647. The second-order valence-electron chi connectivity index (χ2n) is 6.35. The van der Waals surface area contributed by atoms with Crippen LogP contribution in [0.1, 0.15) is 42.5 Å². The van der Waals surface area contributed by atoms with E-state index in [1.165, 1.54) is 25.7 Å². The van der Waals surface area contributed by atoms with Crippen molar-refractivity contribution < 1.29 is 0 Å². The average molecular weight is 284 g/mol. The molecule has 4 heteroatoms. The molecule has 1 aliphatic heterocycles. The summed E-state index contributed by atoms with van der Waals surface area (Å²) in [6.45, 7) is 8.19.